The third kappa shape index (κ3) is 3.51. The van der Waals surface area contributed by atoms with E-state index in [-0.39, 0.29) is 11.5 Å². The highest BCUT2D eigenvalue weighted by Crippen LogP contribution is 2.30. The Morgan fingerprint density at radius 1 is 1.35 bits per heavy atom. The van der Waals surface area contributed by atoms with E-state index in [9.17, 15) is 22.8 Å². The van der Waals surface area contributed by atoms with Gasteiger partial charge in [-0.3, -0.25) is 15.0 Å². The van der Waals surface area contributed by atoms with E-state index < -0.39 is 17.8 Å². The van der Waals surface area contributed by atoms with Crippen LogP contribution in [-0.4, -0.2) is 28.8 Å². The number of carbonyl (C=O) groups is 2. The van der Waals surface area contributed by atoms with Gasteiger partial charge in [0.05, 0.1) is 5.56 Å². The number of hydrogen-bond acceptors (Lipinski definition) is 4. The molecule has 3 rings (SSSR count). The largest absolute Gasteiger partial charge is 0.417 e. The number of rotatable bonds is 2. The van der Waals surface area contributed by atoms with Crippen molar-refractivity contribution in [1.82, 2.24) is 9.97 Å². The number of aldehydes is 1. The van der Waals surface area contributed by atoms with Crippen molar-refractivity contribution in [1.29, 1.82) is 0 Å². The number of aryl methyl sites for hydroxylation is 2. The van der Waals surface area contributed by atoms with Crippen molar-refractivity contribution >= 4 is 24.0 Å². The van der Waals surface area contributed by atoms with Crippen LogP contribution in [0.2, 0.25) is 0 Å². The summed E-state index contributed by atoms with van der Waals surface area (Å²) in [4.78, 5) is 32.9. The van der Waals surface area contributed by atoms with Crippen molar-refractivity contribution < 1.29 is 22.8 Å². The fraction of sp³-hybridized carbons (Fsp3) is 0.294. The molecule has 0 atom stereocenters. The molecule has 2 amide bonds. The lowest BCUT2D eigenvalue weighted by atomic mass is 10.0. The van der Waals surface area contributed by atoms with Crippen LogP contribution >= 0.6 is 0 Å². The highest BCUT2D eigenvalue weighted by molar-refractivity contribution is 6.01. The van der Waals surface area contributed by atoms with Crippen LogP contribution in [0.3, 0.4) is 0 Å². The summed E-state index contributed by atoms with van der Waals surface area (Å²) in [6.07, 6.45) is -1.77. The van der Waals surface area contributed by atoms with E-state index in [1.807, 2.05) is 6.07 Å². The average molecular weight is 364 g/mol. The lowest BCUT2D eigenvalue weighted by molar-refractivity contribution is -0.137. The van der Waals surface area contributed by atoms with Crippen LogP contribution in [0.15, 0.2) is 24.4 Å². The number of nitrogens with zero attached hydrogens (tertiary/aromatic N) is 3. The molecule has 0 unspecified atom stereocenters. The number of anilines is 2. The number of aromatic nitrogens is 2. The van der Waals surface area contributed by atoms with Crippen molar-refractivity contribution in [3.63, 3.8) is 0 Å². The molecule has 0 spiro atoms. The minimum absolute atomic E-state index is 0.00199. The molecule has 0 aliphatic carbocycles. The average Bonchev–Trinajstić information content (AvgIpc) is 2.60. The summed E-state index contributed by atoms with van der Waals surface area (Å²) in [5.41, 5.74) is 0.919. The van der Waals surface area contributed by atoms with Gasteiger partial charge in [0.15, 0.2) is 6.29 Å². The van der Waals surface area contributed by atoms with Gasteiger partial charge in [0.25, 0.3) is 0 Å². The molecule has 9 heteroatoms. The molecule has 6 nitrogen and oxygen atoms in total. The second-order valence-electron chi connectivity index (χ2n) is 5.91. The molecule has 0 radical (unpaired) electrons. The van der Waals surface area contributed by atoms with Crippen molar-refractivity contribution in [3.8, 4) is 0 Å². The lowest BCUT2D eigenvalue weighted by Crippen LogP contribution is -2.39. The highest BCUT2D eigenvalue weighted by atomic mass is 19.4. The lowest BCUT2D eigenvalue weighted by Gasteiger charge is -2.28. The second kappa shape index (κ2) is 6.74. The Bertz CT molecular complexity index is 850. The smallest absolute Gasteiger partial charge is 0.296 e. The maximum absolute atomic E-state index is 12.6. The van der Waals surface area contributed by atoms with Crippen molar-refractivity contribution in [3.05, 3.63) is 46.8 Å². The van der Waals surface area contributed by atoms with Crippen molar-refractivity contribution in [2.45, 2.75) is 25.9 Å². The summed E-state index contributed by atoms with van der Waals surface area (Å²) in [6, 6.07) is 3.19. The highest BCUT2D eigenvalue weighted by Gasteiger charge is 2.31. The number of halogens is 3. The van der Waals surface area contributed by atoms with E-state index in [1.54, 1.807) is 6.92 Å². The number of pyridine rings is 2. The Balaban J connectivity index is 1.82. The van der Waals surface area contributed by atoms with Gasteiger partial charge in [0, 0.05) is 12.7 Å². The van der Waals surface area contributed by atoms with Crippen LogP contribution in [0.4, 0.5) is 29.6 Å². The van der Waals surface area contributed by atoms with Gasteiger partial charge in [-0.15, -0.1) is 0 Å². The van der Waals surface area contributed by atoms with Gasteiger partial charge in [-0.1, -0.05) is 6.07 Å². The monoisotopic (exact) mass is 364 g/mol. The van der Waals surface area contributed by atoms with E-state index in [0.717, 1.165) is 29.7 Å². The summed E-state index contributed by atoms with van der Waals surface area (Å²) < 4.78 is 37.7. The van der Waals surface area contributed by atoms with Gasteiger partial charge in [0.2, 0.25) is 0 Å². The maximum Gasteiger partial charge on any atom is 0.417 e. The number of amides is 2. The van der Waals surface area contributed by atoms with Crippen LogP contribution in [-0.2, 0) is 12.6 Å². The molecule has 0 saturated carbocycles. The maximum atomic E-state index is 12.6. The Morgan fingerprint density at radius 3 is 2.73 bits per heavy atom. The molecule has 26 heavy (non-hydrogen) atoms. The zero-order valence-corrected chi connectivity index (χ0v) is 13.8. The molecule has 0 aromatic carbocycles. The van der Waals surface area contributed by atoms with Gasteiger partial charge in [-0.2, -0.15) is 13.2 Å². The Kier molecular flexibility index (Phi) is 4.62. The topological polar surface area (TPSA) is 75.2 Å². The zero-order valence-electron chi connectivity index (χ0n) is 13.8. The summed E-state index contributed by atoms with van der Waals surface area (Å²) in [5.74, 6) is 0.381. The standard InChI is InChI=1S/C17H15F3N4O2/c1-10-7-11-3-2-6-24(15(11)22-13(10)9-25)16(26)23-14-5-4-12(8-21-14)17(18,19)20/h4-5,7-9H,2-3,6H2,1H3,(H,21,23,26). The molecule has 0 bridgehead atoms. The molecule has 1 aliphatic heterocycles. The fourth-order valence-electron chi connectivity index (χ4n) is 2.75. The molecule has 3 heterocycles. The Morgan fingerprint density at radius 2 is 2.12 bits per heavy atom. The summed E-state index contributed by atoms with van der Waals surface area (Å²) in [5, 5.41) is 2.46. The summed E-state index contributed by atoms with van der Waals surface area (Å²) >= 11 is 0. The molecule has 1 aliphatic rings. The van der Waals surface area contributed by atoms with Gasteiger partial charge in [-0.25, -0.2) is 14.8 Å². The minimum atomic E-state index is -4.49. The van der Waals surface area contributed by atoms with E-state index in [1.165, 1.54) is 4.90 Å². The van der Waals surface area contributed by atoms with E-state index in [0.29, 0.717) is 31.3 Å². The fourth-order valence-corrected chi connectivity index (χ4v) is 2.75. The Labute approximate surface area is 147 Å². The van der Waals surface area contributed by atoms with Gasteiger partial charge < -0.3 is 0 Å². The van der Waals surface area contributed by atoms with Crippen LogP contribution in [0, 0.1) is 6.92 Å². The molecule has 136 valence electrons. The number of urea groups is 1. The van der Waals surface area contributed by atoms with Gasteiger partial charge in [0.1, 0.15) is 17.3 Å². The number of nitrogens with one attached hydrogen (secondary N) is 1. The molecular weight excluding hydrogens is 349 g/mol. The van der Waals surface area contributed by atoms with E-state index >= 15 is 0 Å². The molecule has 2 aromatic heterocycles. The summed E-state index contributed by atoms with van der Waals surface area (Å²) in [6.45, 7) is 2.15. The Hall–Kier alpha value is -2.97. The van der Waals surface area contributed by atoms with E-state index in [2.05, 4.69) is 15.3 Å². The van der Waals surface area contributed by atoms with Crippen molar-refractivity contribution in [2.24, 2.45) is 0 Å². The third-order valence-electron chi connectivity index (χ3n) is 4.07. The van der Waals surface area contributed by atoms with E-state index in [4.69, 9.17) is 0 Å². The second-order valence-corrected chi connectivity index (χ2v) is 5.91. The first-order chi connectivity index (χ1) is 12.3. The van der Waals surface area contributed by atoms with Crippen molar-refractivity contribution in [2.75, 3.05) is 16.8 Å². The van der Waals surface area contributed by atoms with Crippen LogP contribution in [0.1, 0.15) is 33.6 Å². The molecule has 1 N–H and O–H groups in total. The first-order valence-electron chi connectivity index (χ1n) is 7.87. The number of fused-ring (bicyclic) bond motifs is 1. The van der Waals surface area contributed by atoms with Gasteiger partial charge >= 0.3 is 12.2 Å². The van der Waals surface area contributed by atoms with Crippen LogP contribution < -0.4 is 10.2 Å². The zero-order chi connectivity index (χ0) is 18.9. The first kappa shape index (κ1) is 17.8. The molecule has 0 saturated heterocycles. The first-order valence-corrected chi connectivity index (χ1v) is 7.87. The number of carbonyl (C=O) groups excluding carboxylic acids is 2. The van der Waals surface area contributed by atoms with Crippen LogP contribution in [0.5, 0.6) is 0 Å². The SMILES string of the molecule is Cc1cc2c(nc1C=O)N(C(=O)Nc1ccc(C(F)(F)F)cn1)CCC2. The predicted octanol–water partition coefficient (Wildman–Crippen LogP) is 3.60. The molecule has 0 fully saturated rings. The summed E-state index contributed by atoms with van der Waals surface area (Å²) in [7, 11) is 0. The number of alkyl halides is 3. The normalized spacial score (nSPS) is 13.9. The third-order valence-corrected chi connectivity index (χ3v) is 4.07. The van der Waals surface area contributed by atoms with Crippen LogP contribution in [0.25, 0.3) is 0 Å². The quantitative estimate of drug-likeness (QED) is 0.826. The molecule has 2 aromatic rings. The number of hydrogen-bond donors (Lipinski definition) is 1. The van der Waals surface area contributed by atoms with Gasteiger partial charge in [-0.05, 0) is 43.0 Å². The molecular formula is C17H15F3N4O2. The minimum Gasteiger partial charge on any atom is -0.296 e. The predicted molar refractivity (Wildman–Crippen MR) is 88.3 cm³/mol.